The molecule has 3 aromatic carbocycles. The lowest BCUT2D eigenvalue weighted by Crippen LogP contribution is -2.54. The molecule has 4 nitrogen and oxygen atoms in total. The SMILES string of the molecule is C[C@]1(O)CC(=O)[C@H](C(=O)c2ccccc2)[C@@H](c2cccc(F)c2)[C@@H]1C(=O)c1ccccc1. The Labute approximate surface area is 185 Å². The van der Waals surface area contributed by atoms with Crippen LogP contribution in [-0.2, 0) is 4.79 Å². The van der Waals surface area contributed by atoms with Gasteiger partial charge in [-0.2, -0.15) is 0 Å². The summed E-state index contributed by atoms with van der Waals surface area (Å²) >= 11 is 0. The lowest BCUT2D eigenvalue weighted by molar-refractivity contribution is -0.134. The second kappa shape index (κ2) is 8.60. The Morgan fingerprint density at radius 1 is 0.875 bits per heavy atom. The van der Waals surface area contributed by atoms with Crippen LogP contribution in [0.15, 0.2) is 84.9 Å². The predicted octanol–water partition coefficient (Wildman–Crippen LogP) is 4.63. The summed E-state index contributed by atoms with van der Waals surface area (Å²) in [6, 6.07) is 22.4. The molecule has 1 saturated carbocycles. The zero-order valence-electron chi connectivity index (χ0n) is 17.6. The van der Waals surface area contributed by atoms with E-state index in [9.17, 15) is 23.9 Å². The van der Waals surface area contributed by atoms with Gasteiger partial charge < -0.3 is 5.11 Å². The van der Waals surface area contributed by atoms with E-state index in [1.54, 1.807) is 66.7 Å². The fraction of sp³-hybridized carbons (Fsp3) is 0.222. The number of halogens is 1. The van der Waals surface area contributed by atoms with Crippen molar-refractivity contribution < 1.29 is 23.9 Å². The molecule has 1 fully saturated rings. The van der Waals surface area contributed by atoms with E-state index in [0.29, 0.717) is 16.7 Å². The minimum Gasteiger partial charge on any atom is -0.389 e. The first kappa shape index (κ1) is 21.8. The van der Waals surface area contributed by atoms with Crippen LogP contribution in [0.4, 0.5) is 4.39 Å². The van der Waals surface area contributed by atoms with Crippen molar-refractivity contribution in [1.29, 1.82) is 0 Å². The van der Waals surface area contributed by atoms with Gasteiger partial charge in [0.2, 0.25) is 0 Å². The molecule has 0 radical (unpaired) electrons. The summed E-state index contributed by atoms with van der Waals surface area (Å²) < 4.78 is 14.2. The summed E-state index contributed by atoms with van der Waals surface area (Å²) in [6.45, 7) is 1.44. The summed E-state index contributed by atoms with van der Waals surface area (Å²) in [5.74, 6) is -5.16. The molecule has 0 unspecified atom stereocenters. The van der Waals surface area contributed by atoms with Gasteiger partial charge in [-0.1, -0.05) is 72.8 Å². The van der Waals surface area contributed by atoms with Crippen LogP contribution in [0.5, 0.6) is 0 Å². The maximum Gasteiger partial charge on any atom is 0.173 e. The van der Waals surface area contributed by atoms with Gasteiger partial charge in [0.1, 0.15) is 11.6 Å². The minimum absolute atomic E-state index is 0.333. The van der Waals surface area contributed by atoms with Gasteiger partial charge in [0.15, 0.2) is 11.6 Å². The highest BCUT2D eigenvalue weighted by atomic mass is 19.1. The summed E-state index contributed by atoms with van der Waals surface area (Å²) in [7, 11) is 0. The van der Waals surface area contributed by atoms with Crippen molar-refractivity contribution in [3.8, 4) is 0 Å². The zero-order chi connectivity index (χ0) is 22.9. The van der Waals surface area contributed by atoms with Crippen LogP contribution in [0.1, 0.15) is 45.5 Å². The van der Waals surface area contributed by atoms with Crippen LogP contribution in [0.25, 0.3) is 0 Å². The number of carbonyl (C=O) groups excluding carboxylic acids is 3. The normalized spacial score (nSPS) is 25.3. The largest absolute Gasteiger partial charge is 0.389 e. The first-order chi connectivity index (χ1) is 15.3. The first-order valence-corrected chi connectivity index (χ1v) is 10.5. The van der Waals surface area contributed by atoms with Crippen molar-refractivity contribution in [3.63, 3.8) is 0 Å². The van der Waals surface area contributed by atoms with Crippen LogP contribution in [0.3, 0.4) is 0 Å². The second-order valence-electron chi connectivity index (χ2n) is 8.50. The summed E-state index contributed by atoms with van der Waals surface area (Å²) in [5.41, 5.74) is -0.671. The second-order valence-corrected chi connectivity index (χ2v) is 8.50. The lowest BCUT2D eigenvalue weighted by atomic mass is 9.58. The van der Waals surface area contributed by atoms with Crippen molar-refractivity contribution in [2.75, 3.05) is 0 Å². The number of ketones is 3. The van der Waals surface area contributed by atoms with E-state index in [2.05, 4.69) is 0 Å². The Hall–Kier alpha value is -3.44. The van der Waals surface area contributed by atoms with Crippen molar-refractivity contribution in [1.82, 2.24) is 0 Å². The molecule has 0 heterocycles. The van der Waals surface area contributed by atoms with Crippen molar-refractivity contribution in [2.24, 2.45) is 11.8 Å². The van der Waals surface area contributed by atoms with Gasteiger partial charge >= 0.3 is 0 Å². The van der Waals surface area contributed by atoms with Crippen molar-refractivity contribution in [2.45, 2.75) is 24.9 Å². The molecule has 1 N–H and O–H groups in total. The number of Topliss-reactive ketones (excluding diaryl/α,β-unsaturated/α-hetero) is 3. The van der Waals surface area contributed by atoms with E-state index in [0.717, 1.165) is 0 Å². The van der Waals surface area contributed by atoms with Crippen LogP contribution < -0.4 is 0 Å². The van der Waals surface area contributed by atoms with Gasteiger partial charge in [-0.3, -0.25) is 14.4 Å². The Bertz CT molecular complexity index is 1150. The van der Waals surface area contributed by atoms with Gasteiger partial charge in [0.05, 0.1) is 17.4 Å². The molecule has 4 rings (SSSR count). The molecule has 5 heteroatoms. The third-order valence-electron chi connectivity index (χ3n) is 6.18. The van der Waals surface area contributed by atoms with E-state index in [1.165, 1.54) is 25.1 Å². The standard InChI is InChI=1S/C27H23FO4/c1-27(32)16-21(29)23(25(30)17-9-4-2-5-10-17)22(19-13-8-14-20(28)15-19)24(27)26(31)18-11-6-3-7-12-18/h2-15,22-24,32H,16H2,1H3/t22-,23+,24-,27+/m1/s1. The average Bonchev–Trinajstić information content (AvgIpc) is 2.78. The molecule has 0 aromatic heterocycles. The number of aliphatic hydroxyl groups is 1. The maximum atomic E-state index is 14.2. The summed E-state index contributed by atoms with van der Waals surface area (Å²) in [5, 5.41) is 11.3. The van der Waals surface area contributed by atoms with Crippen molar-refractivity contribution in [3.05, 3.63) is 107 Å². The highest BCUT2D eigenvalue weighted by Crippen LogP contribution is 2.48. The molecule has 3 aromatic rings. The van der Waals surface area contributed by atoms with Crippen LogP contribution >= 0.6 is 0 Å². The fourth-order valence-corrected chi connectivity index (χ4v) is 4.77. The summed E-state index contributed by atoms with van der Waals surface area (Å²) in [4.78, 5) is 40.3. The predicted molar refractivity (Wildman–Crippen MR) is 118 cm³/mol. The van der Waals surface area contributed by atoms with E-state index < -0.39 is 40.7 Å². The molecule has 162 valence electrons. The Kier molecular flexibility index (Phi) is 5.85. The van der Waals surface area contributed by atoms with Gasteiger partial charge in [0.25, 0.3) is 0 Å². The van der Waals surface area contributed by atoms with E-state index >= 15 is 0 Å². The third-order valence-corrected chi connectivity index (χ3v) is 6.18. The highest BCUT2D eigenvalue weighted by Gasteiger charge is 2.55. The highest BCUT2D eigenvalue weighted by molar-refractivity contribution is 6.13. The first-order valence-electron chi connectivity index (χ1n) is 10.5. The zero-order valence-corrected chi connectivity index (χ0v) is 17.6. The van der Waals surface area contributed by atoms with E-state index in [4.69, 9.17) is 0 Å². The van der Waals surface area contributed by atoms with Crippen molar-refractivity contribution >= 4 is 17.3 Å². The minimum atomic E-state index is -1.70. The number of hydrogen-bond donors (Lipinski definition) is 1. The molecule has 0 aliphatic heterocycles. The van der Waals surface area contributed by atoms with E-state index in [1.807, 2.05) is 0 Å². The Balaban J connectivity index is 1.90. The van der Waals surface area contributed by atoms with Crippen LogP contribution in [0, 0.1) is 17.7 Å². The average molecular weight is 430 g/mol. The lowest BCUT2D eigenvalue weighted by Gasteiger charge is -2.45. The molecular formula is C27H23FO4. The molecule has 0 saturated heterocycles. The molecule has 32 heavy (non-hydrogen) atoms. The molecular weight excluding hydrogens is 407 g/mol. The van der Waals surface area contributed by atoms with E-state index in [-0.39, 0.29) is 12.2 Å². The Morgan fingerprint density at radius 2 is 1.44 bits per heavy atom. The van der Waals surface area contributed by atoms with Gasteiger partial charge in [-0.25, -0.2) is 4.39 Å². The molecule has 4 atom stereocenters. The summed E-state index contributed by atoms with van der Waals surface area (Å²) in [6.07, 6.45) is -0.342. The molecule has 0 amide bonds. The molecule has 0 spiro atoms. The van der Waals surface area contributed by atoms with Crippen LogP contribution in [0.2, 0.25) is 0 Å². The fourth-order valence-electron chi connectivity index (χ4n) is 4.77. The monoisotopic (exact) mass is 430 g/mol. The maximum absolute atomic E-state index is 14.2. The van der Waals surface area contributed by atoms with Gasteiger partial charge in [0, 0.05) is 23.5 Å². The Morgan fingerprint density at radius 3 is 2.00 bits per heavy atom. The quantitative estimate of drug-likeness (QED) is 0.473. The number of hydrogen-bond acceptors (Lipinski definition) is 4. The smallest absolute Gasteiger partial charge is 0.173 e. The number of rotatable bonds is 5. The number of carbonyl (C=O) groups is 3. The number of benzene rings is 3. The molecule has 0 bridgehead atoms. The van der Waals surface area contributed by atoms with Crippen LogP contribution in [-0.4, -0.2) is 28.1 Å². The third kappa shape index (κ3) is 4.04. The van der Waals surface area contributed by atoms with Gasteiger partial charge in [-0.15, -0.1) is 0 Å². The molecule has 1 aliphatic carbocycles. The topological polar surface area (TPSA) is 71.4 Å². The molecule has 1 aliphatic rings. The van der Waals surface area contributed by atoms with Gasteiger partial charge in [-0.05, 0) is 24.6 Å².